The van der Waals surface area contributed by atoms with Crippen LogP contribution in [0.2, 0.25) is 0 Å². The fourth-order valence-electron chi connectivity index (χ4n) is 2.02. The minimum Gasteiger partial charge on any atom is -0.540 e. The molecular weight excluding hydrogens is 281 g/mol. The first-order valence-electron chi connectivity index (χ1n) is 5.69. The molecule has 0 atom stereocenters. The summed E-state index contributed by atoms with van der Waals surface area (Å²) in [4.78, 5) is 24.4. The molecule has 1 fully saturated rings. The van der Waals surface area contributed by atoms with Crippen LogP contribution in [0.1, 0.15) is 0 Å². The van der Waals surface area contributed by atoms with Crippen molar-refractivity contribution in [2.24, 2.45) is 0 Å². The zero-order chi connectivity index (χ0) is 14.0. The van der Waals surface area contributed by atoms with E-state index in [1.54, 1.807) is 4.90 Å². The number of carbonyl (C=O) groups is 2. The van der Waals surface area contributed by atoms with Crippen LogP contribution in [0, 0.1) is 11.6 Å². The molecule has 1 aliphatic rings. The van der Waals surface area contributed by atoms with E-state index in [0.29, 0.717) is 0 Å². The molecule has 1 amide bonds. The molecule has 0 aliphatic carbocycles. The number of carbonyl (C=O) groups excluding carboxylic acids is 2. The summed E-state index contributed by atoms with van der Waals surface area (Å²) in [6.07, 6.45) is 0. The smallest absolute Gasteiger partial charge is 0.540 e. The summed E-state index contributed by atoms with van der Waals surface area (Å²) < 4.78 is 26.3. The first-order valence-corrected chi connectivity index (χ1v) is 5.69. The Kier molecular flexibility index (Phi) is 5.91. The van der Waals surface area contributed by atoms with Gasteiger partial charge in [0.2, 0.25) is 0 Å². The predicted octanol–water partition coefficient (Wildman–Crippen LogP) is -3.63. The normalized spacial score (nSPS) is 14.7. The van der Waals surface area contributed by atoms with E-state index in [1.807, 2.05) is 0 Å². The van der Waals surface area contributed by atoms with Gasteiger partial charge in [-0.1, -0.05) is 0 Å². The Morgan fingerprint density at radius 3 is 2.20 bits per heavy atom. The topological polar surface area (TPSA) is 63.7 Å². The van der Waals surface area contributed by atoms with Gasteiger partial charge < -0.3 is 19.7 Å². The number of piperazine rings is 1. The van der Waals surface area contributed by atoms with Gasteiger partial charge in [0.15, 0.2) is 0 Å². The number of aliphatic carboxylic acids is 1. The number of hydrogen-bond acceptors (Lipinski definition) is 4. The second kappa shape index (κ2) is 7.01. The average Bonchev–Trinajstić information content (AvgIpc) is 2.38. The largest absolute Gasteiger partial charge is 1.00 e. The van der Waals surface area contributed by atoms with Gasteiger partial charge in [-0.05, 0) is 12.1 Å². The van der Waals surface area contributed by atoms with Crippen LogP contribution in [0.4, 0.5) is 14.5 Å². The van der Waals surface area contributed by atoms with Crippen LogP contribution in [-0.4, -0.2) is 43.0 Å². The van der Waals surface area contributed by atoms with Gasteiger partial charge in [-0.2, -0.15) is 0 Å². The van der Waals surface area contributed by atoms with Gasteiger partial charge in [0, 0.05) is 32.2 Å². The van der Waals surface area contributed by atoms with Crippen LogP contribution >= 0.6 is 0 Å². The molecule has 0 N–H and O–H groups in total. The van der Waals surface area contributed by atoms with E-state index in [9.17, 15) is 23.5 Å². The number of anilines is 1. The Hall–Kier alpha value is -1.18. The minimum atomic E-state index is -1.75. The molecule has 0 saturated carbocycles. The number of rotatable bonds is 1. The standard InChI is InChI=1S/C12H12F2N2O3.Na/c13-8-1-2-10(9(14)7-8)15-3-5-16(6-4-15)11(17)12(18)19;/h1-2,7H,3-6H2,(H,18,19);/q;+1/p-1. The molecule has 0 bridgehead atoms. The summed E-state index contributed by atoms with van der Waals surface area (Å²) in [5.74, 6) is -4.16. The quantitative estimate of drug-likeness (QED) is 0.396. The molecule has 102 valence electrons. The maximum atomic E-state index is 13.6. The Balaban J connectivity index is 0.00000200. The van der Waals surface area contributed by atoms with Crippen molar-refractivity contribution in [1.82, 2.24) is 4.90 Å². The van der Waals surface area contributed by atoms with E-state index in [0.717, 1.165) is 17.0 Å². The molecular formula is C12H11F2N2NaO3. The van der Waals surface area contributed by atoms with Crippen LogP contribution in [0.5, 0.6) is 0 Å². The minimum absolute atomic E-state index is 0. The number of nitrogens with zero attached hydrogens (tertiary/aromatic N) is 2. The van der Waals surface area contributed by atoms with E-state index in [-0.39, 0.29) is 61.4 Å². The molecule has 0 aromatic heterocycles. The molecule has 1 aromatic carbocycles. The van der Waals surface area contributed by atoms with Crippen molar-refractivity contribution >= 4 is 17.6 Å². The Morgan fingerprint density at radius 2 is 1.70 bits per heavy atom. The fourth-order valence-corrected chi connectivity index (χ4v) is 2.02. The van der Waals surface area contributed by atoms with Gasteiger partial charge in [0.25, 0.3) is 5.91 Å². The molecule has 0 radical (unpaired) electrons. The molecule has 0 spiro atoms. The van der Waals surface area contributed by atoms with Gasteiger partial charge in [-0.25, -0.2) is 8.78 Å². The maximum Gasteiger partial charge on any atom is 1.00 e. The van der Waals surface area contributed by atoms with E-state index < -0.39 is 23.5 Å². The van der Waals surface area contributed by atoms with E-state index >= 15 is 0 Å². The van der Waals surface area contributed by atoms with Crippen LogP contribution in [0.15, 0.2) is 18.2 Å². The van der Waals surface area contributed by atoms with E-state index in [2.05, 4.69) is 0 Å². The van der Waals surface area contributed by atoms with Gasteiger partial charge in [-0.3, -0.25) is 4.79 Å². The Morgan fingerprint density at radius 1 is 1.10 bits per heavy atom. The zero-order valence-electron chi connectivity index (χ0n) is 10.9. The van der Waals surface area contributed by atoms with Crippen molar-refractivity contribution in [1.29, 1.82) is 0 Å². The van der Waals surface area contributed by atoms with Crippen LogP contribution in [0.3, 0.4) is 0 Å². The van der Waals surface area contributed by atoms with Crippen molar-refractivity contribution in [3.05, 3.63) is 29.8 Å². The van der Waals surface area contributed by atoms with E-state index in [4.69, 9.17) is 0 Å². The summed E-state index contributed by atoms with van der Waals surface area (Å²) in [5.41, 5.74) is 0.238. The molecule has 1 heterocycles. The van der Waals surface area contributed by atoms with Crippen molar-refractivity contribution in [2.45, 2.75) is 0 Å². The fraction of sp³-hybridized carbons (Fsp3) is 0.333. The number of halogens is 2. The molecule has 1 saturated heterocycles. The summed E-state index contributed by atoms with van der Waals surface area (Å²) in [7, 11) is 0. The average molecular weight is 292 g/mol. The van der Waals surface area contributed by atoms with Crippen molar-refractivity contribution in [3.63, 3.8) is 0 Å². The SMILES string of the molecule is O=C([O-])C(=O)N1CCN(c2ccc(F)cc2F)CC1.[Na+]. The van der Waals surface area contributed by atoms with E-state index in [1.165, 1.54) is 6.07 Å². The molecule has 8 heteroatoms. The van der Waals surface area contributed by atoms with Crippen molar-refractivity contribution in [2.75, 3.05) is 31.1 Å². The van der Waals surface area contributed by atoms with Crippen molar-refractivity contribution in [3.8, 4) is 0 Å². The summed E-state index contributed by atoms with van der Waals surface area (Å²) >= 11 is 0. The number of amides is 1. The second-order valence-corrected chi connectivity index (χ2v) is 4.16. The first kappa shape index (κ1) is 16.9. The molecule has 1 aromatic rings. The van der Waals surface area contributed by atoms with Gasteiger partial charge in [-0.15, -0.1) is 0 Å². The Labute approximate surface area is 136 Å². The van der Waals surface area contributed by atoms with Gasteiger partial charge >= 0.3 is 29.6 Å². The maximum absolute atomic E-state index is 13.6. The predicted molar refractivity (Wildman–Crippen MR) is 60.2 cm³/mol. The van der Waals surface area contributed by atoms with Gasteiger partial charge in [0.05, 0.1) is 5.69 Å². The molecule has 2 rings (SSSR count). The monoisotopic (exact) mass is 292 g/mol. The number of carboxylic acid groups (broad SMARTS) is 1. The third-order valence-electron chi connectivity index (χ3n) is 2.99. The van der Waals surface area contributed by atoms with Crippen LogP contribution < -0.4 is 39.6 Å². The van der Waals surface area contributed by atoms with Crippen LogP contribution in [0.25, 0.3) is 0 Å². The van der Waals surface area contributed by atoms with Crippen LogP contribution in [-0.2, 0) is 9.59 Å². The molecule has 0 unspecified atom stereocenters. The zero-order valence-corrected chi connectivity index (χ0v) is 12.9. The van der Waals surface area contributed by atoms with Crippen molar-refractivity contribution < 1.29 is 53.0 Å². The summed E-state index contributed by atoms with van der Waals surface area (Å²) in [6.45, 7) is 0.871. The third kappa shape index (κ3) is 3.68. The summed E-state index contributed by atoms with van der Waals surface area (Å²) in [5, 5.41) is 10.4. The third-order valence-corrected chi connectivity index (χ3v) is 2.99. The summed E-state index contributed by atoms with van der Waals surface area (Å²) in [6, 6.07) is 3.26. The molecule has 5 nitrogen and oxygen atoms in total. The Bertz CT molecular complexity index is 519. The molecule has 1 aliphatic heterocycles. The second-order valence-electron chi connectivity index (χ2n) is 4.16. The molecule has 20 heavy (non-hydrogen) atoms. The number of hydrogen-bond donors (Lipinski definition) is 0. The van der Waals surface area contributed by atoms with Gasteiger partial charge in [0.1, 0.15) is 17.6 Å². The number of benzene rings is 1. The number of carboxylic acids is 1. The first-order chi connectivity index (χ1) is 8.99.